The van der Waals surface area contributed by atoms with E-state index in [-0.39, 0.29) is 5.57 Å². The third-order valence-electron chi connectivity index (χ3n) is 2.79. The Kier molecular flexibility index (Phi) is 6.16. The van der Waals surface area contributed by atoms with E-state index >= 15 is 0 Å². The molecule has 2 N–H and O–H groups in total. The van der Waals surface area contributed by atoms with Crippen molar-refractivity contribution in [1.82, 2.24) is 5.32 Å². The highest BCUT2D eigenvalue weighted by Crippen LogP contribution is 2.10. The van der Waals surface area contributed by atoms with Gasteiger partial charge in [-0.15, -0.1) is 0 Å². The van der Waals surface area contributed by atoms with Crippen molar-refractivity contribution in [3.05, 3.63) is 47.5 Å². The van der Waals surface area contributed by atoms with Crippen molar-refractivity contribution in [3.63, 3.8) is 0 Å². The van der Waals surface area contributed by atoms with Gasteiger partial charge in [0.2, 0.25) is 0 Å². The molecule has 5 heteroatoms. The average molecular weight is 305 g/mol. The smallest absolute Gasteiger partial charge is 0.408 e. The summed E-state index contributed by atoms with van der Waals surface area (Å²) in [6, 6.07) is 9.09. The molecule has 0 saturated carbocycles. The van der Waals surface area contributed by atoms with Gasteiger partial charge in [0, 0.05) is 5.57 Å². The summed E-state index contributed by atoms with van der Waals surface area (Å²) < 4.78 is 5.22. The number of hydrogen-bond acceptors (Lipinski definition) is 3. The molecule has 1 aromatic carbocycles. The highest BCUT2D eigenvalue weighted by atomic mass is 16.6. The molecular formula is C17H23NO4. The Morgan fingerprint density at radius 3 is 2.36 bits per heavy atom. The third kappa shape index (κ3) is 6.92. The van der Waals surface area contributed by atoms with Gasteiger partial charge >= 0.3 is 12.1 Å². The normalized spacial score (nSPS) is 13.4. The van der Waals surface area contributed by atoms with Crippen LogP contribution in [0.2, 0.25) is 0 Å². The van der Waals surface area contributed by atoms with Crippen LogP contribution in [-0.4, -0.2) is 28.8 Å². The van der Waals surface area contributed by atoms with Crippen LogP contribution in [0, 0.1) is 0 Å². The van der Waals surface area contributed by atoms with E-state index in [9.17, 15) is 9.59 Å². The molecule has 0 spiro atoms. The van der Waals surface area contributed by atoms with E-state index in [0.717, 1.165) is 5.56 Å². The zero-order chi connectivity index (χ0) is 16.8. The Morgan fingerprint density at radius 2 is 1.86 bits per heavy atom. The van der Waals surface area contributed by atoms with Gasteiger partial charge in [-0.25, -0.2) is 9.59 Å². The highest BCUT2D eigenvalue weighted by molar-refractivity contribution is 5.86. The van der Waals surface area contributed by atoms with Crippen molar-refractivity contribution < 1.29 is 19.4 Å². The molecule has 120 valence electrons. The number of ether oxygens (including phenoxy) is 1. The number of carboxylic acid groups (broad SMARTS) is 1. The van der Waals surface area contributed by atoms with Crippen LogP contribution in [0.1, 0.15) is 33.3 Å². The van der Waals surface area contributed by atoms with Crippen LogP contribution in [0.5, 0.6) is 0 Å². The Hall–Kier alpha value is -2.30. The van der Waals surface area contributed by atoms with Gasteiger partial charge < -0.3 is 15.2 Å². The Labute approximate surface area is 131 Å². The van der Waals surface area contributed by atoms with Crippen LogP contribution >= 0.6 is 0 Å². The highest BCUT2D eigenvalue weighted by Gasteiger charge is 2.19. The summed E-state index contributed by atoms with van der Waals surface area (Å²) >= 11 is 0. The number of carbonyl (C=O) groups is 2. The summed E-state index contributed by atoms with van der Waals surface area (Å²) in [6.07, 6.45) is 1.45. The first-order valence-corrected chi connectivity index (χ1v) is 7.12. The van der Waals surface area contributed by atoms with E-state index in [0.29, 0.717) is 6.42 Å². The van der Waals surface area contributed by atoms with Gasteiger partial charge in [0.05, 0.1) is 6.04 Å². The van der Waals surface area contributed by atoms with Crippen LogP contribution in [0.3, 0.4) is 0 Å². The first-order chi connectivity index (χ1) is 10.2. The van der Waals surface area contributed by atoms with Crippen LogP contribution in [0.25, 0.3) is 0 Å². The summed E-state index contributed by atoms with van der Waals surface area (Å²) in [6.45, 7) is 6.82. The molecule has 22 heavy (non-hydrogen) atoms. The fraction of sp³-hybridized carbons (Fsp3) is 0.412. The molecule has 1 aromatic rings. The number of carboxylic acids is 1. The summed E-state index contributed by atoms with van der Waals surface area (Å²) in [5, 5.41) is 11.7. The van der Waals surface area contributed by atoms with E-state index in [1.807, 2.05) is 30.3 Å². The van der Waals surface area contributed by atoms with Crippen molar-refractivity contribution in [2.45, 2.75) is 45.8 Å². The van der Waals surface area contributed by atoms with Gasteiger partial charge in [-0.1, -0.05) is 36.4 Å². The summed E-state index contributed by atoms with van der Waals surface area (Å²) in [7, 11) is 0. The lowest BCUT2D eigenvalue weighted by atomic mass is 10.0. The Morgan fingerprint density at radius 1 is 1.27 bits per heavy atom. The molecule has 0 aliphatic heterocycles. The molecule has 5 nitrogen and oxygen atoms in total. The zero-order valence-electron chi connectivity index (χ0n) is 13.4. The molecule has 0 aliphatic carbocycles. The third-order valence-corrected chi connectivity index (χ3v) is 2.79. The minimum atomic E-state index is -1.01. The van der Waals surface area contributed by atoms with E-state index in [2.05, 4.69) is 5.32 Å². The fourth-order valence-electron chi connectivity index (χ4n) is 1.85. The number of aliphatic carboxylic acids is 1. The molecule has 0 fully saturated rings. The summed E-state index contributed by atoms with van der Waals surface area (Å²) in [4.78, 5) is 22.9. The van der Waals surface area contributed by atoms with Crippen LogP contribution in [-0.2, 0) is 16.0 Å². The number of rotatable bonds is 5. The molecule has 0 radical (unpaired) electrons. The van der Waals surface area contributed by atoms with Crippen LogP contribution in [0.4, 0.5) is 4.79 Å². The standard InChI is InChI=1S/C17H23NO4/c1-12(15(19)20)10-14(11-13-8-6-5-7-9-13)18-16(21)22-17(2,3)4/h5-10,14H,11H2,1-4H3,(H,18,21)(H,19,20)/b12-10+. The topological polar surface area (TPSA) is 75.6 Å². The molecule has 0 aliphatic rings. The fourth-order valence-corrected chi connectivity index (χ4v) is 1.85. The minimum Gasteiger partial charge on any atom is -0.478 e. The molecule has 0 aromatic heterocycles. The predicted molar refractivity (Wildman–Crippen MR) is 84.7 cm³/mol. The Balaban J connectivity index is 2.85. The summed E-state index contributed by atoms with van der Waals surface area (Å²) in [5.74, 6) is -1.01. The number of alkyl carbamates (subject to hydrolysis) is 1. The minimum absolute atomic E-state index is 0.178. The predicted octanol–water partition coefficient (Wildman–Crippen LogP) is 3.15. The van der Waals surface area contributed by atoms with Gasteiger partial charge in [0.25, 0.3) is 0 Å². The second-order valence-electron chi connectivity index (χ2n) is 6.10. The second-order valence-corrected chi connectivity index (χ2v) is 6.10. The van der Waals surface area contributed by atoms with Gasteiger partial charge in [-0.2, -0.15) is 0 Å². The number of amides is 1. The zero-order valence-corrected chi connectivity index (χ0v) is 13.4. The maximum atomic E-state index is 11.9. The SMILES string of the molecule is C/C(=C\C(Cc1ccccc1)NC(=O)OC(C)(C)C)C(=O)O. The molecular weight excluding hydrogens is 282 g/mol. The van der Waals surface area contributed by atoms with E-state index < -0.39 is 23.7 Å². The van der Waals surface area contributed by atoms with E-state index in [4.69, 9.17) is 9.84 Å². The molecule has 0 saturated heterocycles. The van der Waals surface area contributed by atoms with Crippen molar-refractivity contribution in [2.24, 2.45) is 0 Å². The van der Waals surface area contributed by atoms with Gasteiger partial charge in [-0.3, -0.25) is 0 Å². The van der Waals surface area contributed by atoms with E-state index in [1.54, 1.807) is 20.8 Å². The monoisotopic (exact) mass is 305 g/mol. The number of benzene rings is 1. The first kappa shape index (κ1) is 17.8. The largest absolute Gasteiger partial charge is 0.478 e. The molecule has 1 amide bonds. The van der Waals surface area contributed by atoms with Crippen LogP contribution < -0.4 is 5.32 Å². The van der Waals surface area contributed by atoms with Crippen molar-refractivity contribution in [1.29, 1.82) is 0 Å². The van der Waals surface area contributed by atoms with Crippen molar-refractivity contribution >= 4 is 12.1 Å². The maximum Gasteiger partial charge on any atom is 0.408 e. The Bertz CT molecular complexity index is 544. The van der Waals surface area contributed by atoms with Gasteiger partial charge in [-0.05, 0) is 39.7 Å². The van der Waals surface area contributed by atoms with Crippen molar-refractivity contribution in [3.8, 4) is 0 Å². The lowest BCUT2D eigenvalue weighted by molar-refractivity contribution is -0.132. The number of nitrogens with one attached hydrogen (secondary N) is 1. The maximum absolute atomic E-state index is 11.9. The van der Waals surface area contributed by atoms with Gasteiger partial charge in [0.15, 0.2) is 0 Å². The summed E-state index contributed by atoms with van der Waals surface area (Å²) in [5.41, 5.74) is 0.572. The number of carbonyl (C=O) groups excluding carboxylic acids is 1. The molecule has 1 unspecified atom stereocenters. The van der Waals surface area contributed by atoms with Crippen molar-refractivity contribution in [2.75, 3.05) is 0 Å². The molecule has 0 bridgehead atoms. The number of hydrogen-bond donors (Lipinski definition) is 2. The molecule has 1 rings (SSSR count). The second kappa shape index (κ2) is 7.64. The van der Waals surface area contributed by atoms with Crippen LogP contribution in [0.15, 0.2) is 42.0 Å². The van der Waals surface area contributed by atoms with E-state index in [1.165, 1.54) is 13.0 Å². The molecule has 1 atom stereocenters. The van der Waals surface area contributed by atoms with Gasteiger partial charge in [0.1, 0.15) is 5.60 Å². The lowest BCUT2D eigenvalue weighted by Gasteiger charge is -2.22. The molecule has 0 heterocycles. The average Bonchev–Trinajstić information content (AvgIpc) is 2.37. The lowest BCUT2D eigenvalue weighted by Crippen LogP contribution is -2.39. The first-order valence-electron chi connectivity index (χ1n) is 7.12. The quantitative estimate of drug-likeness (QED) is 0.819.